The summed E-state index contributed by atoms with van der Waals surface area (Å²) in [5, 5.41) is 16.3. The Hall–Kier alpha value is -1.95. The van der Waals surface area contributed by atoms with Crippen LogP contribution in [-0.2, 0) is 0 Å². The number of aromatic nitrogens is 4. The van der Waals surface area contributed by atoms with Gasteiger partial charge in [0.05, 0.1) is 12.8 Å². The van der Waals surface area contributed by atoms with E-state index >= 15 is 0 Å². The number of aromatic amines is 1. The summed E-state index contributed by atoms with van der Waals surface area (Å²) in [6, 6.07) is 1.75. The fourth-order valence-electron chi connectivity index (χ4n) is 1.39. The number of rotatable bonds is 5. The first-order valence-corrected chi connectivity index (χ1v) is 5.42. The number of aliphatic hydroxyl groups is 1. The van der Waals surface area contributed by atoms with E-state index in [1.165, 1.54) is 6.33 Å². The summed E-state index contributed by atoms with van der Waals surface area (Å²) in [4.78, 5) is 7.92. The highest BCUT2D eigenvalue weighted by molar-refractivity contribution is 5.27. The summed E-state index contributed by atoms with van der Waals surface area (Å²) in [6.45, 7) is 2.66. The van der Waals surface area contributed by atoms with Crippen LogP contribution in [0.3, 0.4) is 0 Å². The SMILES string of the molecule is CCCOc1cncc(C(O)c2ncn[nH]2)c1. The molecule has 0 amide bonds. The van der Waals surface area contributed by atoms with Gasteiger partial charge < -0.3 is 9.84 Å². The Morgan fingerprint density at radius 1 is 1.47 bits per heavy atom. The van der Waals surface area contributed by atoms with Crippen LogP contribution in [0.15, 0.2) is 24.8 Å². The minimum absolute atomic E-state index is 0.388. The quantitative estimate of drug-likeness (QED) is 0.808. The Balaban J connectivity index is 2.15. The molecule has 6 heteroatoms. The van der Waals surface area contributed by atoms with Crippen LogP contribution in [0.1, 0.15) is 30.8 Å². The highest BCUT2D eigenvalue weighted by atomic mass is 16.5. The Kier molecular flexibility index (Phi) is 3.66. The molecule has 0 aliphatic carbocycles. The van der Waals surface area contributed by atoms with Gasteiger partial charge >= 0.3 is 0 Å². The third-order valence-electron chi connectivity index (χ3n) is 2.22. The molecule has 0 fully saturated rings. The molecule has 0 spiro atoms. The van der Waals surface area contributed by atoms with Crippen LogP contribution in [0.4, 0.5) is 0 Å². The van der Waals surface area contributed by atoms with E-state index in [9.17, 15) is 5.11 Å². The monoisotopic (exact) mass is 234 g/mol. The number of ether oxygens (including phenoxy) is 1. The predicted octanol–water partition coefficient (Wildman–Crippen LogP) is 1.07. The van der Waals surface area contributed by atoms with Crippen molar-refractivity contribution < 1.29 is 9.84 Å². The zero-order chi connectivity index (χ0) is 12.1. The Labute approximate surface area is 98.7 Å². The van der Waals surface area contributed by atoms with E-state index in [-0.39, 0.29) is 0 Å². The van der Waals surface area contributed by atoms with Crippen LogP contribution in [0.2, 0.25) is 0 Å². The molecule has 0 aromatic carbocycles. The van der Waals surface area contributed by atoms with Gasteiger partial charge in [0, 0.05) is 11.8 Å². The van der Waals surface area contributed by atoms with Crippen molar-refractivity contribution in [3.05, 3.63) is 36.2 Å². The van der Waals surface area contributed by atoms with Crippen LogP contribution in [0.25, 0.3) is 0 Å². The summed E-state index contributed by atoms with van der Waals surface area (Å²) < 4.78 is 5.44. The second kappa shape index (κ2) is 5.40. The first-order chi connectivity index (χ1) is 8.31. The van der Waals surface area contributed by atoms with Crippen molar-refractivity contribution in [3.63, 3.8) is 0 Å². The molecule has 2 aromatic rings. The van der Waals surface area contributed by atoms with Crippen LogP contribution in [0, 0.1) is 0 Å². The second-order valence-electron chi connectivity index (χ2n) is 3.58. The summed E-state index contributed by atoms with van der Waals surface area (Å²) in [6.07, 6.45) is 4.60. The minimum atomic E-state index is -0.866. The van der Waals surface area contributed by atoms with Gasteiger partial charge in [-0.1, -0.05) is 6.92 Å². The first-order valence-electron chi connectivity index (χ1n) is 5.42. The molecule has 2 N–H and O–H groups in total. The molecule has 1 atom stereocenters. The Morgan fingerprint density at radius 3 is 3.06 bits per heavy atom. The number of nitrogens with one attached hydrogen (secondary N) is 1. The van der Waals surface area contributed by atoms with Crippen molar-refractivity contribution in [2.24, 2.45) is 0 Å². The van der Waals surface area contributed by atoms with E-state index in [2.05, 4.69) is 20.2 Å². The third-order valence-corrected chi connectivity index (χ3v) is 2.22. The van der Waals surface area contributed by atoms with Gasteiger partial charge in [-0.2, -0.15) is 5.10 Å². The van der Waals surface area contributed by atoms with Gasteiger partial charge in [-0.3, -0.25) is 10.1 Å². The van der Waals surface area contributed by atoms with Gasteiger partial charge in [0.1, 0.15) is 18.2 Å². The zero-order valence-corrected chi connectivity index (χ0v) is 9.50. The van der Waals surface area contributed by atoms with E-state index in [0.717, 1.165) is 6.42 Å². The van der Waals surface area contributed by atoms with E-state index in [1.807, 2.05) is 6.92 Å². The minimum Gasteiger partial charge on any atom is -0.492 e. The van der Waals surface area contributed by atoms with Crippen LogP contribution in [0.5, 0.6) is 5.75 Å². The van der Waals surface area contributed by atoms with Crippen molar-refractivity contribution in [3.8, 4) is 5.75 Å². The van der Waals surface area contributed by atoms with Gasteiger partial charge in [0.15, 0.2) is 5.82 Å². The highest BCUT2D eigenvalue weighted by Gasteiger charge is 2.14. The van der Waals surface area contributed by atoms with Gasteiger partial charge in [0.25, 0.3) is 0 Å². The van der Waals surface area contributed by atoms with Crippen molar-refractivity contribution in [2.45, 2.75) is 19.4 Å². The average Bonchev–Trinajstić information content (AvgIpc) is 2.89. The molecule has 1 unspecified atom stereocenters. The standard InChI is InChI=1S/C11H14N4O2/c1-2-3-17-9-4-8(5-12-6-9)10(16)11-13-7-14-15-11/h4-7,10,16H,2-3H2,1H3,(H,13,14,15). The van der Waals surface area contributed by atoms with Gasteiger partial charge in [0.2, 0.25) is 0 Å². The molecular formula is C11H14N4O2. The van der Waals surface area contributed by atoms with Crippen molar-refractivity contribution >= 4 is 0 Å². The predicted molar refractivity (Wildman–Crippen MR) is 60.5 cm³/mol. The summed E-state index contributed by atoms with van der Waals surface area (Å²) >= 11 is 0. The zero-order valence-electron chi connectivity index (χ0n) is 9.50. The molecule has 0 aliphatic heterocycles. The van der Waals surface area contributed by atoms with Crippen molar-refractivity contribution in [2.75, 3.05) is 6.61 Å². The Morgan fingerprint density at radius 2 is 2.35 bits per heavy atom. The normalized spacial score (nSPS) is 12.4. The fraction of sp³-hybridized carbons (Fsp3) is 0.364. The number of H-pyrrole nitrogens is 1. The van der Waals surface area contributed by atoms with Crippen LogP contribution < -0.4 is 4.74 Å². The maximum atomic E-state index is 10.0. The fourth-order valence-corrected chi connectivity index (χ4v) is 1.39. The smallest absolute Gasteiger partial charge is 0.157 e. The van der Waals surface area contributed by atoms with E-state index in [4.69, 9.17) is 4.74 Å². The van der Waals surface area contributed by atoms with E-state index in [1.54, 1.807) is 18.5 Å². The third kappa shape index (κ3) is 2.79. The molecule has 0 saturated carbocycles. The van der Waals surface area contributed by atoms with Gasteiger partial charge in [-0.15, -0.1) is 0 Å². The molecule has 2 aromatic heterocycles. The first kappa shape index (κ1) is 11.5. The number of aliphatic hydroxyl groups excluding tert-OH is 1. The lowest BCUT2D eigenvalue weighted by molar-refractivity contribution is 0.209. The topological polar surface area (TPSA) is 83.9 Å². The molecule has 0 saturated heterocycles. The highest BCUT2D eigenvalue weighted by Crippen LogP contribution is 2.21. The van der Waals surface area contributed by atoms with Crippen molar-refractivity contribution in [1.82, 2.24) is 20.2 Å². The number of hydrogen-bond donors (Lipinski definition) is 2. The average molecular weight is 234 g/mol. The molecule has 0 radical (unpaired) electrons. The van der Waals surface area contributed by atoms with Crippen LogP contribution in [-0.4, -0.2) is 31.9 Å². The van der Waals surface area contributed by atoms with Gasteiger partial charge in [-0.05, 0) is 12.5 Å². The lowest BCUT2D eigenvalue weighted by Crippen LogP contribution is -2.04. The Bertz CT molecular complexity index is 458. The lowest BCUT2D eigenvalue weighted by Gasteiger charge is -2.09. The summed E-state index contributed by atoms with van der Waals surface area (Å²) in [5.41, 5.74) is 0.621. The molecular weight excluding hydrogens is 220 g/mol. The lowest BCUT2D eigenvalue weighted by atomic mass is 10.1. The second-order valence-corrected chi connectivity index (χ2v) is 3.58. The molecule has 6 nitrogen and oxygen atoms in total. The maximum absolute atomic E-state index is 10.0. The molecule has 2 rings (SSSR count). The largest absolute Gasteiger partial charge is 0.492 e. The number of nitrogens with zero attached hydrogens (tertiary/aromatic N) is 3. The molecule has 0 bridgehead atoms. The number of hydrogen-bond acceptors (Lipinski definition) is 5. The van der Waals surface area contributed by atoms with E-state index < -0.39 is 6.10 Å². The molecule has 17 heavy (non-hydrogen) atoms. The molecule has 90 valence electrons. The maximum Gasteiger partial charge on any atom is 0.157 e. The summed E-state index contributed by atoms with van der Waals surface area (Å²) in [5.74, 6) is 1.03. The summed E-state index contributed by atoms with van der Waals surface area (Å²) in [7, 11) is 0. The van der Waals surface area contributed by atoms with Crippen LogP contribution >= 0.6 is 0 Å². The van der Waals surface area contributed by atoms with Crippen molar-refractivity contribution in [1.29, 1.82) is 0 Å². The van der Waals surface area contributed by atoms with E-state index in [0.29, 0.717) is 23.7 Å². The molecule has 2 heterocycles. The number of pyridine rings is 1. The molecule has 0 aliphatic rings. The van der Waals surface area contributed by atoms with Gasteiger partial charge in [-0.25, -0.2) is 4.98 Å².